The van der Waals surface area contributed by atoms with Crippen molar-refractivity contribution in [3.05, 3.63) is 24.3 Å². The number of allylic oxidation sites excluding steroid dienone is 4. The van der Waals surface area contributed by atoms with Crippen molar-refractivity contribution >= 4 is 17.9 Å². The van der Waals surface area contributed by atoms with E-state index in [1.165, 1.54) is 96.3 Å². The summed E-state index contributed by atoms with van der Waals surface area (Å²) in [4.78, 5) is 36.7. The Hall–Kier alpha value is -2.19. The highest BCUT2D eigenvalue weighted by Crippen LogP contribution is 2.14. The van der Waals surface area contributed by atoms with E-state index in [4.69, 9.17) is 14.2 Å². The Balaban J connectivity index is 4.48. The van der Waals surface area contributed by atoms with E-state index in [2.05, 4.69) is 32.1 Å². The van der Waals surface area contributed by atoms with E-state index in [0.29, 0.717) is 19.3 Å². The van der Waals surface area contributed by atoms with Gasteiger partial charge in [-0.2, -0.15) is 0 Å². The minimum absolute atomic E-state index is 0.0475. The van der Waals surface area contributed by atoms with Crippen molar-refractivity contribution in [1.82, 2.24) is 0 Å². The number of hydrogen-bond donors (Lipinski definition) is 1. The zero-order chi connectivity index (χ0) is 36.4. The van der Waals surface area contributed by atoms with Gasteiger partial charge in [-0.05, 0) is 32.1 Å². The second-order valence-electron chi connectivity index (χ2n) is 14.5. The molecule has 0 fully saturated rings. The van der Waals surface area contributed by atoms with Crippen LogP contribution in [0.4, 0.5) is 0 Å². The van der Waals surface area contributed by atoms with Crippen molar-refractivity contribution in [3.63, 3.8) is 0 Å². The average molecular weight is 695 g/mol. The van der Waals surface area contributed by atoms with Crippen LogP contribution in [0, 0.1) is 0 Å². The molecule has 0 amide bonds. The average Bonchev–Trinajstić information content (AvgIpc) is 3.05. The van der Waals surface area contributed by atoms with Gasteiger partial charge in [0.05, 0.1) is 34.4 Å². The third kappa shape index (κ3) is 31.5. The second-order valence-corrected chi connectivity index (χ2v) is 14.5. The molecule has 2 unspecified atom stereocenters. The summed E-state index contributed by atoms with van der Waals surface area (Å²) in [7, 11) is 5.50. The minimum Gasteiger partial charge on any atom is -0.477 e. The lowest BCUT2D eigenvalue weighted by Gasteiger charge is -2.31. The Labute approximate surface area is 301 Å². The molecule has 0 saturated heterocycles. The van der Waals surface area contributed by atoms with E-state index in [1.807, 2.05) is 27.2 Å². The Morgan fingerprint density at radius 1 is 0.612 bits per heavy atom. The van der Waals surface area contributed by atoms with Crippen molar-refractivity contribution in [2.24, 2.45) is 0 Å². The topological polar surface area (TPSA) is 99.1 Å². The number of quaternary nitrogens is 1. The van der Waals surface area contributed by atoms with E-state index < -0.39 is 18.1 Å². The van der Waals surface area contributed by atoms with Crippen LogP contribution in [0.3, 0.4) is 0 Å². The molecule has 0 aromatic carbocycles. The number of carboxylic acid groups (broad SMARTS) is 1. The normalized spacial score (nSPS) is 13.2. The summed E-state index contributed by atoms with van der Waals surface area (Å²) >= 11 is 0. The summed E-state index contributed by atoms with van der Waals surface area (Å²) in [5.74, 6) is -1.55. The van der Waals surface area contributed by atoms with Crippen LogP contribution in [0.15, 0.2) is 24.3 Å². The van der Waals surface area contributed by atoms with Crippen LogP contribution in [0.1, 0.15) is 168 Å². The van der Waals surface area contributed by atoms with Gasteiger partial charge in [-0.25, -0.2) is 4.79 Å². The fourth-order valence-corrected chi connectivity index (χ4v) is 5.73. The highest BCUT2D eigenvalue weighted by Gasteiger charge is 2.31. The van der Waals surface area contributed by atoms with Crippen molar-refractivity contribution in [2.45, 2.75) is 180 Å². The minimum atomic E-state index is -0.881. The number of ether oxygens (including phenoxy) is 3. The number of likely N-dealkylation sites (N-methyl/N-ethyl adjacent to an activating group) is 1. The number of nitrogens with zero attached hydrogens (tertiary/aromatic N) is 1. The molecule has 0 spiro atoms. The number of carbonyl (C=O) groups excluding carboxylic acids is 2. The molecule has 2 atom stereocenters. The quantitative estimate of drug-likeness (QED) is 0.0305. The summed E-state index contributed by atoms with van der Waals surface area (Å²) in [6.45, 7) is 4.66. The molecule has 0 heterocycles. The summed E-state index contributed by atoms with van der Waals surface area (Å²) in [6, 6.07) is -0.617. The van der Waals surface area contributed by atoms with Crippen LogP contribution >= 0.6 is 0 Å². The molecule has 0 saturated carbocycles. The molecule has 0 aromatic rings. The van der Waals surface area contributed by atoms with Crippen LogP contribution in [-0.4, -0.2) is 80.6 Å². The molecule has 8 nitrogen and oxygen atoms in total. The van der Waals surface area contributed by atoms with E-state index in [0.717, 1.165) is 32.1 Å². The van der Waals surface area contributed by atoms with Gasteiger partial charge < -0.3 is 23.8 Å². The molecule has 0 aromatic heterocycles. The summed E-state index contributed by atoms with van der Waals surface area (Å²) in [5.41, 5.74) is 0. The smallest absolute Gasteiger partial charge is 0.362 e. The number of esters is 2. The van der Waals surface area contributed by atoms with Gasteiger partial charge >= 0.3 is 17.9 Å². The van der Waals surface area contributed by atoms with Gasteiger partial charge in [0, 0.05) is 19.3 Å². The molecule has 49 heavy (non-hydrogen) atoms. The number of unbranched alkanes of at least 4 members (excludes halogenated alkanes) is 17. The van der Waals surface area contributed by atoms with Crippen LogP contribution in [0.2, 0.25) is 0 Å². The maximum Gasteiger partial charge on any atom is 0.362 e. The van der Waals surface area contributed by atoms with E-state index in [-0.39, 0.29) is 42.7 Å². The molecule has 0 bridgehead atoms. The van der Waals surface area contributed by atoms with E-state index in [9.17, 15) is 19.5 Å². The first-order valence-corrected chi connectivity index (χ1v) is 19.9. The van der Waals surface area contributed by atoms with Gasteiger partial charge in [-0.1, -0.05) is 141 Å². The predicted molar refractivity (Wildman–Crippen MR) is 202 cm³/mol. The maximum atomic E-state index is 12.6. The van der Waals surface area contributed by atoms with E-state index in [1.54, 1.807) is 0 Å². The van der Waals surface area contributed by atoms with Crippen molar-refractivity contribution in [3.8, 4) is 0 Å². The number of hydrogen-bond acceptors (Lipinski definition) is 6. The molecule has 0 radical (unpaired) electrons. The lowest BCUT2D eigenvalue weighted by atomic mass is 10.0. The summed E-state index contributed by atoms with van der Waals surface area (Å²) in [5, 5.41) is 9.58. The molecule has 0 aliphatic rings. The molecular weight excluding hydrogens is 618 g/mol. The molecular formula is C41H76NO7+. The maximum absolute atomic E-state index is 12.6. The van der Waals surface area contributed by atoms with Crippen molar-refractivity contribution in [1.29, 1.82) is 0 Å². The zero-order valence-corrected chi connectivity index (χ0v) is 32.4. The Morgan fingerprint density at radius 2 is 1.12 bits per heavy atom. The van der Waals surface area contributed by atoms with Crippen molar-refractivity contribution < 1.29 is 38.2 Å². The largest absolute Gasteiger partial charge is 0.477 e. The van der Waals surface area contributed by atoms with Gasteiger partial charge in [-0.15, -0.1) is 0 Å². The van der Waals surface area contributed by atoms with Crippen LogP contribution in [0.25, 0.3) is 0 Å². The van der Waals surface area contributed by atoms with E-state index >= 15 is 0 Å². The number of aliphatic carboxylic acids is 1. The number of carboxylic acids is 1. The Kier molecular flexibility index (Phi) is 31.5. The highest BCUT2D eigenvalue weighted by molar-refractivity contribution is 5.72. The molecule has 0 aliphatic heterocycles. The standard InChI is InChI=1S/C41H75NO7/c1-6-8-10-12-14-16-18-20-22-23-25-27-29-31-39(43)48-36-37(35-47-34-33-38(41(45)46)42(3,4)5)49-40(44)32-30-28-26-24-21-19-17-15-13-11-9-7-2/h20,22,25,27,37-38H,6-19,21,23-24,26,28-36H2,1-5H3/p+1/b22-20+,27-25+. The van der Waals surface area contributed by atoms with Gasteiger partial charge in [0.1, 0.15) is 6.61 Å². The first-order chi connectivity index (χ1) is 23.6. The monoisotopic (exact) mass is 695 g/mol. The second kappa shape index (κ2) is 33.0. The van der Waals surface area contributed by atoms with Crippen LogP contribution < -0.4 is 0 Å². The molecule has 0 rings (SSSR count). The first kappa shape index (κ1) is 46.8. The highest BCUT2D eigenvalue weighted by atomic mass is 16.6. The summed E-state index contributed by atoms with van der Waals surface area (Å²) < 4.78 is 17.1. The fourth-order valence-electron chi connectivity index (χ4n) is 5.73. The lowest BCUT2D eigenvalue weighted by Crippen LogP contribution is -2.50. The SMILES string of the molecule is CCCCCCCC/C=C/C/C=C/CCC(=O)OCC(COCCC(C(=O)O)[N+](C)(C)C)OC(=O)CCCCCCCCCCCCCC. The number of rotatable bonds is 35. The van der Waals surface area contributed by atoms with Gasteiger partial charge in [0.15, 0.2) is 12.1 Å². The van der Waals surface area contributed by atoms with Gasteiger partial charge in [0.25, 0.3) is 0 Å². The van der Waals surface area contributed by atoms with Gasteiger partial charge in [0.2, 0.25) is 0 Å². The Morgan fingerprint density at radius 3 is 1.65 bits per heavy atom. The molecule has 1 N–H and O–H groups in total. The molecule has 8 heteroatoms. The zero-order valence-electron chi connectivity index (χ0n) is 32.4. The summed E-state index contributed by atoms with van der Waals surface area (Å²) in [6.07, 6.45) is 33.7. The predicted octanol–water partition coefficient (Wildman–Crippen LogP) is 10.1. The molecule has 0 aliphatic carbocycles. The number of carbonyl (C=O) groups is 3. The first-order valence-electron chi connectivity index (χ1n) is 19.9. The third-order valence-electron chi connectivity index (χ3n) is 8.87. The third-order valence-corrected chi connectivity index (χ3v) is 8.87. The lowest BCUT2D eigenvalue weighted by molar-refractivity contribution is -0.887. The Bertz CT molecular complexity index is 864. The van der Waals surface area contributed by atoms with Gasteiger partial charge in [-0.3, -0.25) is 9.59 Å². The fraction of sp³-hybridized carbons (Fsp3) is 0.829. The van der Waals surface area contributed by atoms with Crippen LogP contribution in [-0.2, 0) is 28.6 Å². The van der Waals surface area contributed by atoms with Crippen LogP contribution in [0.5, 0.6) is 0 Å². The van der Waals surface area contributed by atoms with Crippen molar-refractivity contribution in [2.75, 3.05) is 41.0 Å². The molecule has 286 valence electrons.